The van der Waals surface area contributed by atoms with Crippen molar-refractivity contribution in [1.82, 2.24) is 20.2 Å². The molecule has 2 amide bonds. The highest BCUT2D eigenvalue weighted by Crippen LogP contribution is 2.37. The van der Waals surface area contributed by atoms with Crippen LogP contribution in [0.15, 0.2) is 86.0 Å². The van der Waals surface area contributed by atoms with Gasteiger partial charge in [-0.2, -0.15) is 0 Å². The van der Waals surface area contributed by atoms with Crippen LogP contribution >= 0.6 is 0 Å². The molecule has 1 atom stereocenters. The lowest BCUT2D eigenvalue weighted by molar-refractivity contribution is -0.133. The van der Waals surface area contributed by atoms with Crippen molar-refractivity contribution in [2.24, 2.45) is 5.41 Å². The van der Waals surface area contributed by atoms with Crippen LogP contribution in [0.2, 0.25) is 0 Å². The fourth-order valence-corrected chi connectivity index (χ4v) is 4.59. The first kappa shape index (κ1) is 22.4. The summed E-state index contributed by atoms with van der Waals surface area (Å²) in [7, 11) is 0. The maximum atomic E-state index is 13.5. The minimum absolute atomic E-state index is 0.0457. The molecular weight excluding hydrogens is 412 g/mol. The van der Waals surface area contributed by atoms with Gasteiger partial charge in [-0.25, -0.2) is 0 Å². The van der Waals surface area contributed by atoms with E-state index in [1.807, 2.05) is 24.3 Å². The summed E-state index contributed by atoms with van der Waals surface area (Å²) >= 11 is 0. The Hall–Kier alpha value is -3.80. The Morgan fingerprint density at radius 3 is 2.64 bits per heavy atom. The minimum Gasteiger partial charge on any atom is -0.352 e. The van der Waals surface area contributed by atoms with Crippen molar-refractivity contribution in [1.29, 1.82) is 0 Å². The van der Waals surface area contributed by atoms with Gasteiger partial charge in [-0.1, -0.05) is 30.3 Å². The van der Waals surface area contributed by atoms with Gasteiger partial charge in [0.15, 0.2) is 0 Å². The fraction of sp³-hybridized carbons (Fsp3) is 0.259. The van der Waals surface area contributed by atoms with Gasteiger partial charge in [-0.15, -0.1) is 6.58 Å². The molecule has 0 spiro atoms. The molecule has 0 bridgehead atoms. The van der Waals surface area contributed by atoms with Gasteiger partial charge < -0.3 is 10.2 Å². The summed E-state index contributed by atoms with van der Waals surface area (Å²) in [5, 5.41) is 3.00. The van der Waals surface area contributed by atoms with E-state index in [1.165, 1.54) is 0 Å². The van der Waals surface area contributed by atoms with Crippen molar-refractivity contribution in [3.63, 3.8) is 0 Å². The van der Waals surface area contributed by atoms with E-state index in [1.54, 1.807) is 47.9 Å². The number of carbonyl (C=O) groups is 2. The van der Waals surface area contributed by atoms with E-state index < -0.39 is 5.41 Å². The number of nitrogens with zero attached hydrogens (tertiary/aromatic N) is 3. The first-order chi connectivity index (χ1) is 16.1. The van der Waals surface area contributed by atoms with Gasteiger partial charge in [0.05, 0.1) is 11.0 Å². The molecule has 168 valence electrons. The summed E-state index contributed by atoms with van der Waals surface area (Å²) in [6.45, 7) is 5.10. The average molecular weight is 441 g/mol. The zero-order valence-corrected chi connectivity index (χ0v) is 18.6. The molecule has 1 aromatic carbocycles. The topological polar surface area (TPSA) is 75.2 Å². The molecule has 1 aliphatic rings. The van der Waals surface area contributed by atoms with Crippen LogP contribution in [-0.4, -0.2) is 46.3 Å². The number of pyridine rings is 2. The van der Waals surface area contributed by atoms with Crippen LogP contribution < -0.4 is 5.32 Å². The number of carbonyl (C=O) groups excluding carboxylic acids is 2. The van der Waals surface area contributed by atoms with Gasteiger partial charge in [-0.05, 0) is 60.2 Å². The van der Waals surface area contributed by atoms with Crippen molar-refractivity contribution in [3.05, 3.63) is 97.1 Å². The van der Waals surface area contributed by atoms with Crippen LogP contribution in [0, 0.1) is 5.41 Å². The monoisotopic (exact) mass is 440 g/mol. The fourth-order valence-electron chi connectivity index (χ4n) is 4.59. The second-order valence-electron chi connectivity index (χ2n) is 8.42. The number of hydrogen-bond donors (Lipinski definition) is 1. The summed E-state index contributed by atoms with van der Waals surface area (Å²) in [5.74, 6) is -0.137. The molecule has 0 saturated carbocycles. The van der Waals surface area contributed by atoms with Crippen LogP contribution in [-0.2, 0) is 11.2 Å². The molecular formula is C27H28N4O2. The third-order valence-corrected chi connectivity index (χ3v) is 6.20. The second-order valence-corrected chi connectivity index (χ2v) is 8.42. The highest BCUT2D eigenvalue weighted by molar-refractivity contribution is 5.94. The predicted octanol–water partition coefficient (Wildman–Crippen LogP) is 3.91. The first-order valence-corrected chi connectivity index (χ1v) is 11.2. The van der Waals surface area contributed by atoms with Crippen molar-refractivity contribution in [2.45, 2.75) is 19.3 Å². The van der Waals surface area contributed by atoms with Crippen LogP contribution in [0.3, 0.4) is 0 Å². The van der Waals surface area contributed by atoms with E-state index in [4.69, 9.17) is 0 Å². The highest BCUT2D eigenvalue weighted by Gasteiger charge is 2.43. The van der Waals surface area contributed by atoms with E-state index in [9.17, 15) is 9.59 Å². The second kappa shape index (κ2) is 10.2. The van der Waals surface area contributed by atoms with Gasteiger partial charge in [0.25, 0.3) is 5.91 Å². The SMILES string of the molecule is C=CCNC(=O)[C@]1(Cc2ccccc2-c2ccncc2)CCCN(C(=O)c2cccnc2)C1. The maximum absolute atomic E-state index is 13.5. The molecule has 6 nitrogen and oxygen atoms in total. The van der Waals surface area contributed by atoms with Crippen LogP contribution in [0.1, 0.15) is 28.8 Å². The zero-order chi connectivity index (χ0) is 23.1. The molecule has 0 radical (unpaired) electrons. The first-order valence-electron chi connectivity index (χ1n) is 11.2. The summed E-state index contributed by atoms with van der Waals surface area (Å²) in [5.41, 5.74) is 3.01. The Morgan fingerprint density at radius 1 is 1.06 bits per heavy atom. The number of amides is 2. The number of rotatable bonds is 7. The van der Waals surface area contributed by atoms with Gasteiger partial charge in [0.2, 0.25) is 5.91 Å². The van der Waals surface area contributed by atoms with Gasteiger partial charge in [0.1, 0.15) is 0 Å². The smallest absolute Gasteiger partial charge is 0.255 e. The summed E-state index contributed by atoms with van der Waals surface area (Å²) in [6, 6.07) is 15.6. The molecule has 6 heteroatoms. The van der Waals surface area contributed by atoms with E-state index >= 15 is 0 Å². The maximum Gasteiger partial charge on any atom is 0.255 e. The number of benzene rings is 1. The Morgan fingerprint density at radius 2 is 1.88 bits per heavy atom. The lowest BCUT2D eigenvalue weighted by Gasteiger charge is -2.42. The third kappa shape index (κ3) is 5.00. The number of aromatic nitrogens is 2. The minimum atomic E-state index is -0.734. The number of piperidine rings is 1. The molecule has 2 aromatic heterocycles. The van der Waals surface area contributed by atoms with Gasteiger partial charge >= 0.3 is 0 Å². The van der Waals surface area contributed by atoms with Gasteiger partial charge in [0, 0.05) is 44.4 Å². The third-order valence-electron chi connectivity index (χ3n) is 6.20. The lowest BCUT2D eigenvalue weighted by atomic mass is 9.73. The Bertz CT molecular complexity index is 1120. The Kier molecular flexibility index (Phi) is 6.93. The summed E-state index contributed by atoms with van der Waals surface area (Å²) in [6.07, 6.45) is 10.4. The number of nitrogens with one attached hydrogen (secondary N) is 1. The van der Waals surface area contributed by atoms with Gasteiger partial charge in [-0.3, -0.25) is 19.6 Å². The zero-order valence-electron chi connectivity index (χ0n) is 18.6. The van der Waals surface area contributed by atoms with Crippen LogP contribution in [0.4, 0.5) is 0 Å². The molecule has 33 heavy (non-hydrogen) atoms. The van der Waals surface area contributed by atoms with Crippen molar-refractivity contribution < 1.29 is 9.59 Å². The molecule has 3 aromatic rings. The predicted molar refractivity (Wildman–Crippen MR) is 128 cm³/mol. The molecule has 0 unspecified atom stereocenters. The normalized spacial score (nSPS) is 17.9. The Balaban J connectivity index is 1.68. The Labute approximate surface area is 194 Å². The van der Waals surface area contributed by atoms with E-state index in [0.717, 1.165) is 23.1 Å². The van der Waals surface area contributed by atoms with E-state index in [2.05, 4.69) is 34.0 Å². The molecule has 3 heterocycles. The quantitative estimate of drug-likeness (QED) is 0.565. The number of hydrogen-bond acceptors (Lipinski definition) is 4. The van der Waals surface area contributed by atoms with Crippen molar-refractivity contribution in [2.75, 3.05) is 19.6 Å². The van der Waals surface area contributed by atoms with E-state index in [-0.39, 0.29) is 11.8 Å². The summed E-state index contributed by atoms with van der Waals surface area (Å²) < 4.78 is 0. The largest absolute Gasteiger partial charge is 0.352 e. The molecule has 4 rings (SSSR count). The average Bonchev–Trinajstić information content (AvgIpc) is 2.88. The lowest BCUT2D eigenvalue weighted by Crippen LogP contribution is -2.54. The molecule has 0 aliphatic carbocycles. The van der Waals surface area contributed by atoms with Crippen LogP contribution in [0.5, 0.6) is 0 Å². The highest BCUT2D eigenvalue weighted by atomic mass is 16.2. The molecule has 1 N–H and O–H groups in total. The van der Waals surface area contributed by atoms with Crippen molar-refractivity contribution >= 4 is 11.8 Å². The van der Waals surface area contributed by atoms with E-state index in [0.29, 0.717) is 38.0 Å². The molecule has 1 aliphatic heterocycles. The number of likely N-dealkylation sites (tertiary alicyclic amines) is 1. The van der Waals surface area contributed by atoms with Crippen LogP contribution in [0.25, 0.3) is 11.1 Å². The molecule has 1 fully saturated rings. The standard InChI is InChI=1S/C27H28N4O2/c1-2-13-30-26(33)27(12-6-17-31(20-27)25(32)23-8-5-14-29-19-23)18-22-7-3-4-9-24(22)21-10-15-28-16-11-21/h2-5,7-11,14-16,19H,1,6,12-13,17-18,20H2,(H,30,33)/t27-/m0/s1. The summed E-state index contributed by atoms with van der Waals surface area (Å²) in [4.78, 5) is 36.7. The molecule has 1 saturated heterocycles. The van der Waals surface area contributed by atoms with Crippen molar-refractivity contribution in [3.8, 4) is 11.1 Å².